The summed E-state index contributed by atoms with van der Waals surface area (Å²) in [7, 11) is 0. The summed E-state index contributed by atoms with van der Waals surface area (Å²) in [4.78, 5) is 21.3. The van der Waals surface area contributed by atoms with E-state index < -0.39 is 0 Å². The van der Waals surface area contributed by atoms with Crippen LogP contribution in [0, 0.1) is 11.3 Å². The summed E-state index contributed by atoms with van der Waals surface area (Å²) in [5.41, 5.74) is 2.96. The third kappa shape index (κ3) is 5.77. The van der Waals surface area contributed by atoms with Gasteiger partial charge in [0, 0.05) is 43.2 Å². The van der Waals surface area contributed by atoms with E-state index in [0.717, 1.165) is 38.0 Å². The van der Waals surface area contributed by atoms with E-state index >= 15 is 0 Å². The maximum atomic E-state index is 10.4. The van der Waals surface area contributed by atoms with Crippen LogP contribution < -0.4 is 10.1 Å². The molecule has 2 aromatic heterocycles. The van der Waals surface area contributed by atoms with Crippen molar-refractivity contribution < 1.29 is 9.53 Å². The average molecular weight is 428 g/mol. The highest BCUT2D eigenvalue weighted by molar-refractivity contribution is 7.13. The first-order chi connectivity index (χ1) is 14.5. The first-order valence-corrected chi connectivity index (χ1v) is 11.4. The van der Waals surface area contributed by atoms with Crippen molar-refractivity contribution in [2.75, 3.05) is 18.4 Å². The second kappa shape index (κ2) is 10.5. The molecule has 0 aromatic carbocycles. The molecular formula is C22H29N5O2S. The Balaban J connectivity index is 0.000000239. The van der Waals surface area contributed by atoms with Gasteiger partial charge in [-0.15, -0.1) is 11.3 Å². The lowest BCUT2D eigenvalue weighted by molar-refractivity contribution is -0.114. The van der Waals surface area contributed by atoms with Crippen LogP contribution in [0.3, 0.4) is 0 Å². The number of thiazole rings is 1. The SMILES string of the molecule is CC(=O)Nc1nccs1.CCN1CC(Oc2nc3c(cc2C#N)CCCC3)CC1C. The van der Waals surface area contributed by atoms with Crippen molar-refractivity contribution >= 4 is 22.4 Å². The van der Waals surface area contributed by atoms with Crippen LogP contribution in [-0.4, -0.2) is 46.0 Å². The summed E-state index contributed by atoms with van der Waals surface area (Å²) >= 11 is 1.41. The number of carbonyl (C=O) groups excluding carboxylic acids is 1. The Bertz CT molecular complexity index is 894. The number of nitrogens with one attached hydrogen (secondary N) is 1. The van der Waals surface area contributed by atoms with Gasteiger partial charge in [0.25, 0.3) is 0 Å². The first-order valence-electron chi connectivity index (χ1n) is 10.5. The highest BCUT2D eigenvalue weighted by atomic mass is 32.1. The first kappa shape index (κ1) is 22.2. The van der Waals surface area contributed by atoms with Crippen LogP contribution in [0.4, 0.5) is 5.13 Å². The Kier molecular flexibility index (Phi) is 7.77. The van der Waals surface area contributed by atoms with Gasteiger partial charge in [-0.05, 0) is 50.8 Å². The molecule has 30 heavy (non-hydrogen) atoms. The average Bonchev–Trinajstić information content (AvgIpc) is 3.36. The van der Waals surface area contributed by atoms with Crippen LogP contribution in [0.15, 0.2) is 17.6 Å². The summed E-state index contributed by atoms with van der Waals surface area (Å²) in [5.74, 6) is 0.471. The Morgan fingerprint density at radius 3 is 2.87 bits per heavy atom. The van der Waals surface area contributed by atoms with Crippen LogP contribution in [0.1, 0.15) is 56.9 Å². The molecule has 1 saturated heterocycles. The Morgan fingerprint density at radius 2 is 2.23 bits per heavy atom. The molecule has 1 fully saturated rings. The molecule has 3 heterocycles. The molecule has 8 heteroatoms. The Morgan fingerprint density at radius 1 is 1.43 bits per heavy atom. The Labute approximate surface area is 182 Å². The number of nitriles is 1. The number of likely N-dealkylation sites (tertiary alicyclic amines) is 1. The van der Waals surface area contributed by atoms with Crippen molar-refractivity contribution in [2.45, 2.75) is 65.0 Å². The molecule has 1 N–H and O–H groups in total. The highest BCUT2D eigenvalue weighted by Crippen LogP contribution is 2.28. The molecule has 2 aliphatic rings. The molecule has 0 bridgehead atoms. The van der Waals surface area contributed by atoms with E-state index in [1.54, 1.807) is 6.20 Å². The van der Waals surface area contributed by atoms with Crippen LogP contribution in [-0.2, 0) is 17.6 Å². The maximum Gasteiger partial charge on any atom is 0.232 e. The predicted molar refractivity (Wildman–Crippen MR) is 118 cm³/mol. The number of aromatic nitrogens is 2. The van der Waals surface area contributed by atoms with Gasteiger partial charge in [0.15, 0.2) is 5.13 Å². The van der Waals surface area contributed by atoms with Gasteiger partial charge in [-0.1, -0.05) is 6.92 Å². The van der Waals surface area contributed by atoms with Crippen molar-refractivity contribution in [3.8, 4) is 11.9 Å². The maximum absolute atomic E-state index is 10.4. The van der Waals surface area contributed by atoms with E-state index in [1.807, 2.05) is 11.4 Å². The van der Waals surface area contributed by atoms with E-state index in [1.165, 1.54) is 36.7 Å². The fourth-order valence-electron chi connectivity index (χ4n) is 3.95. The van der Waals surface area contributed by atoms with Gasteiger partial charge >= 0.3 is 0 Å². The number of rotatable bonds is 4. The van der Waals surface area contributed by atoms with Crippen molar-refractivity contribution in [1.29, 1.82) is 5.26 Å². The summed E-state index contributed by atoms with van der Waals surface area (Å²) < 4.78 is 6.09. The minimum Gasteiger partial charge on any atom is -0.472 e. The summed E-state index contributed by atoms with van der Waals surface area (Å²) in [6, 6.07) is 4.79. The molecule has 1 aliphatic heterocycles. The zero-order valence-corrected chi connectivity index (χ0v) is 18.7. The second-order valence-electron chi connectivity index (χ2n) is 7.70. The molecular weight excluding hydrogens is 398 g/mol. The number of fused-ring (bicyclic) bond motifs is 1. The van der Waals surface area contributed by atoms with E-state index in [4.69, 9.17) is 4.74 Å². The topological polar surface area (TPSA) is 91.1 Å². The quantitative estimate of drug-likeness (QED) is 0.798. The summed E-state index contributed by atoms with van der Waals surface area (Å²) in [5, 5.41) is 14.4. The summed E-state index contributed by atoms with van der Waals surface area (Å²) in [6.07, 6.45) is 7.26. The molecule has 0 saturated carbocycles. The van der Waals surface area contributed by atoms with Gasteiger partial charge in [-0.2, -0.15) is 5.26 Å². The van der Waals surface area contributed by atoms with Crippen molar-refractivity contribution in [3.63, 3.8) is 0 Å². The van der Waals surface area contributed by atoms with E-state index in [0.29, 0.717) is 22.6 Å². The van der Waals surface area contributed by atoms with Gasteiger partial charge in [0.1, 0.15) is 17.7 Å². The number of likely N-dealkylation sites (N-methyl/N-ethyl adjacent to an activating group) is 1. The molecule has 160 valence electrons. The zero-order chi connectivity index (χ0) is 21.5. The number of hydrogen-bond acceptors (Lipinski definition) is 7. The fourth-order valence-corrected chi connectivity index (χ4v) is 4.52. The number of anilines is 1. The van der Waals surface area contributed by atoms with Gasteiger partial charge in [0.2, 0.25) is 11.8 Å². The standard InChI is InChI=1S/C17H23N3O.C5H6N2OS/c1-3-20-11-15(8-12(20)2)21-17-14(10-18)9-13-6-4-5-7-16(13)19-17;1-4(8)7-5-6-2-3-9-5/h9,12,15H,3-8,11H2,1-2H3;2-3H,1H3,(H,6,7,8). The Hall–Kier alpha value is -2.50. The highest BCUT2D eigenvalue weighted by Gasteiger charge is 2.30. The van der Waals surface area contributed by atoms with Crippen molar-refractivity contribution in [1.82, 2.24) is 14.9 Å². The van der Waals surface area contributed by atoms with Gasteiger partial charge < -0.3 is 10.1 Å². The third-order valence-electron chi connectivity index (χ3n) is 5.45. The van der Waals surface area contributed by atoms with Crippen LogP contribution in [0.25, 0.3) is 0 Å². The molecule has 2 unspecified atom stereocenters. The third-order valence-corrected chi connectivity index (χ3v) is 6.14. The van der Waals surface area contributed by atoms with Crippen LogP contribution in [0.2, 0.25) is 0 Å². The van der Waals surface area contributed by atoms with Crippen molar-refractivity contribution in [2.24, 2.45) is 0 Å². The number of amides is 1. The minimum atomic E-state index is -0.0787. The van der Waals surface area contributed by atoms with Crippen molar-refractivity contribution in [3.05, 3.63) is 34.5 Å². The molecule has 1 amide bonds. The zero-order valence-electron chi connectivity index (χ0n) is 17.9. The number of ether oxygens (including phenoxy) is 1. The predicted octanol–water partition coefficient (Wildman–Crippen LogP) is 3.80. The molecule has 0 spiro atoms. The monoisotopic (exact) mass is 427 g/mol. The normalized spacial score (nSPS) is 20.5. The van der Waals surface area contributed by atoms with Gasteiger partial charge in [-0.25, -0.2) is 9.97 Å². The molecule has 2 atom stereocenters. The molecule has 4 rings (SSSR count). The van der Waals surface area contributed by atoms with Crippen LogP contribution >= 0.6 is 11.3 Å². The van der Waals surface area contributed by atoms with Gasteiger partial charge in [-0.3, -0.25) is 9.69 Å². The molecule has 1 aliphatic carbocycles. The van der Waals surface area contributed by atoms with Gasteiger partial charge in [0.05, 0.1) is 0 Å². The minimum absolute atomic E-state index is 0.0787. The number of nitrogens with zero attached hydrogens (tertiary/aromatic N) is 4. The van der Waals surface area contributed by atoms with E-state index in [2.05, 4.69) is 40.1 Å². The largest absolute Gasteiger partial charge is 0.472 e. The fraction of sp³-hybridized carbons (Fsp3) is 0.545. The molecule has 7 nitrogen and oxygen atoms in total. The second-order valence-corrected chi connectivity index (χ2v) is 8.59. The van der Waals surface area contributed by atoms with E-state index in [9.17, 15) is 10.1 Å². The lowest BCUT2D eigenvalue weighted by Gasteiger charge is -2.19. The van der Waals surface area contributed by atoms with Crippen LogP contribution in [0.5, 0.6) is 5.88 Å². The lowest BCUT2D eigenvalue weighted by atomic mass is 9.95. The molecule has 2 aromatic rings. The van der Waals surface area contributed by atoms with E-state index in [-0.39, 0.29) is 12.0 Å². The number of aryl methyl sites for hydroxylation is 2. The molecule has 0 radical (unpaired) electrons. The number of carbonyl (C=O) groups is 1. The number of pyridine rings is 1. The number of hydrogen-bond donors (Lipinski definition) is 1. The smallest absolute Gasteiger partial charge is 0.232 e. The lowest BCUT2D eigenvalue weighted by Crippen LogP contribution is -2.28. The summed E-state index contributed by atoms with van der Waals surface area (Å²) in [6.45, 7) is 7.85.